The third-order valence-corrected chi connectivity index (χ3v) is 4.46. The van der Waals surface area contributed by atoms with Gasteiger partial charge in [-0.3, -0.25) is 0 Å². The van der Waals surface area contributed by atoms with Crippen molar-refractivity contribution < 1.29 is 9.47 Å². The summed E-state index contributed by atoms with van der Waals surface area (Å²) in [5, 5.41) is 0. The minimum absolute atomic E-state index is 0.167. The van der Waals surface area contributed by atoms with Crippen LogP contribution in [0.5, 0.6) is 11.5 Å². The van der Waals surface area contributed by atoms with E-state index < -0.39 is 0 Å². The van der Waals surface area contributed by atoms with Gasteiger partial charge in [0.15, 0.2) is 11.5 Å². The van der Waals surface area contributed by atoms with E-state index in [1.165, 1.54) is 0 Å². The molecule has 2 nitrogen and oxygen atoms in total. The summed E-state index contributed by atoms with van der Waals surface area (Å²) >= 11 is 0. The van der Waals surface area contributed by atoms with Crippen LogP contribution in [0.3, 0.4) is 0 Å². The molecule has 0 saturated carbocycles. The van der Waals surface area contributed by atoms with Crippen molar-refractivity contribution in [1.82, 2.24) is 0 Å². The lowest BCUT2D eigenvalue weighted by molar-refractivity contribution is 0.230. The van der Waals surface area contributed by atoms with Crippen LogP contribution in [0.15, 0.2) is 90.5 Å². The van der Waals surface area contributed by atoms with Crippen molar-refractivity contribution in [2.45, 2.75) is 6.10 Å². The van der Waals surface area contributed by atoms with Crippen LogP contribution < -0.4 is 9.47 Å². The van der Waals surface area contributed by atoms with Gasteiger partial charge < -0.3 is 9.47 Å². The largest absolute Gasteiger partial charge is 0.493 e. The van der Waals surface area contributed by atoms with E-state index in [1.807, 2.05) is 48.5 Å². The summed E-state index contributed by atoms with van der Waals surface area (Å²) in [4.78, 5) is 0. The number of hydrogen-bond donors (Lipinski definition) is 0. The molecule has 0 aliphatic carbocycles. The average Bonchev–Trinajstić information content (AvgIpc) is 2.72. The molecule has 3 aromatic rings. The van der Waals surface area contributed by atoms with E-state index >= 15 is 0 Å². The summed E-state index contributed by atoms with van der Waals surface area (Å²) in [6, 6.07) is 26.5. The monoisotopic (exact) mass is 340 g/mol. The van der Waals surface area contributed by atoms with E-state index in [-0.39, 0.29) is 6.10 Å². The minimum Gasteiger partial charge on any atom is -0.493 e. The van der Waals surface area contributed by atoms with Crippen molar-refractivity contribution >= 4 is 12.2 Å². The van der Waals surface area contributed by atoms with E-state index in [4.69, 9.17) is 9.47 Å². The van der Waals surface area contributed by atoms with Crippen LogP contribution in [0.2, 0.25) is 0 Å². The van der Waals surface area contributed by atoms with Gasteiger partial charge in [0, 0.05) is 5.56 Å². The van der Waals surface area contributed by atoms with Crippen molar-refractivity contribution in [1.29, 1.82) is 0 Å². The lowest BCUT2D eigenvalue weighted by Crippen LogP contribution is -2.14. The third kappa shape index (κ3) is 3.27. The van der Waals surface area contributed by atoms with Gasteiger partial charge in [-0.25, -0.2) is 0 Å². The third-order valence-electron chi connectivity index (χ3n) is 4.46. The van der Waals surface area contributed by atoms with E-state index in [0.717, 1.165) is 33.8 Å². The second kappa shape index (κ2) is 7.32. The molecule has 0 amide bonds. The normalized spacial score (nSPS) is 15.9. The van der Waals surface area contributed by atoms with Crippen LogP contribution in [0.1, 0.15) is 22.8 Å². The highest BCUT2D eigenvalue weighted by Gasteiger charge is 2.25. The van der Waals surface area contributed by atoms with Gasteiger partial charge in [-0.1, -0.05) is 84.9 Å². The first kappa shape index (κ1) is 16.2. The Hall–Kier alpha value is -3.26. The summed E-state index contributed by atoms with van der Waals surface area (Å²) < 4.78 is 11.9. The highest BCUT2D eigenvalue weighted by atomic mass is 16.5. The van der Waals surface area contributed by atoms with Gasteiger partial charge in [0.1, 0.15) is 6.10 Å². The van der Waals surface area contributed by atoms with Crippen molar-refractivity contribution in [3.8, 4) is 11.5 Å². The second-order valence-electron chi connectivity index (χ2n) is 6.18. The highest BCUT2D eigenvalue weighted by Crippen LogP contribution is 2.43. The number of fused-ring (bicyclic) bond motifs is 1. The fraction of sp³-hybridized carbons (Fsp3) is 0.0833. The Bertz CT molecular complexity index is 940. The van der Waals surface area contributed by atoms with Crippen LogP contribution in [-0.2, 0) is 0 Å². The molecule has 2 heteroatoms. The zero-order valence-corrected chi connectivity index (χ0v) is 14.6. The topological polar surface area (TPSA) is 18.5 Å². The highest BCUT2D eigenvalue weighted by molar-refractivity contribution is 5.71. The lowest BCUT2D eigenvalue weighted by Gasteiger charge is -2.27. The minimum atomic E-state index is -0.167. The van der Waals surface area contributed by atoms with Crippen LogP contribution in [-0.4, -0.2) is 7.11 Å². The van der Waals surface area contributed by atoms with Crippen molar-refractivity contribution in [2.75, 3.05) is 7.11 Å². The molecule has 1 unspecified atom stereocenters. The van der Waals surface area contributed by atoms with Gasteiger partial charge in [-0.05, 0) is 28.8 Å². The first-order chi connectivity index (χ1) is 12.8. The summed E-state index contributed by atoms with van der Waals surface area (Å²) in [5.74, 6) is 1.55. The Morgan fingerprint density at radius 1 is 0.808 bits per heavy atom. The van der Waals surface area contributed by atoms with E-state index in [2.05, 4.69) is 48.6 Å². The van der Waals surface area contributed by atoms with Crippen LogP contribution in [0, 0.1) is 0 Å². The Balaban J connectivity index is 1.78. The molecular formula is C24H20O2. The van der Waals surface area contributed by atoms with Crippen molar-refractivity contribution in [2.24, 2.45) is 0 Å². The molecule has 0 saturated heterocycles. The molecule has 0 bridgehead atoms. The van der Waals surface area contributed by atoms with Gasteiger partial charge in [0.25, 0.3) is 0 Å². The summed E-state index contributed by atoms with van der Waals surface area (Å²) in [6.45, 7) is 0. The van der Waals surface area contributed by atoms with E-state index in [1.54, 1.807) is 7.11 Å². The predicted molar refractivity (Wildman–Crippen MR) is 106 cm³/mol. The maximum atomic E-state index is 6.40. The molecule has 0 N–H and O–H groups in total. The maximum absolute atomic E-state index is 6.40. The van der Waals surface area contributed by atoms with Crippen LogP contribution in [0.4, 0.5) is 0 Å². The maximum Gasteiger partial charge on any atom is 0.169 e. The van der Waals surface area contributed by atoms with Crippen LogP contribution >= 0.6 is 0 Å². The fourth-order valence-electron chi connectivity index (χ4n) is 3.15. The summed E-state index contributed by atoms with van der Waals surface area (Å²) in [7, 11) is 1.67. The molecule has 128 valence electrons. The molecule has 0 radical (unpaired) electrons. The molecule has 26 heavy (non-hydrogen) atoms. The Kier molecular flexibility index (Phi) is 4.57. The molecule has 1 atom stereocenters. The fourth-order valence-corrected chi connectivity index (χ4v) is 3.15. The average molecular weight is 340 g/mol. The van der Waals surface area contributed by atoms with E-state index in [0.29, 0.717) is 0 Å². The quantitative estimate of drug-likeness (QED) is 0.586. The second-order valence-corrected chi connectivity index (χ2v) is 6.18. The summed E-state index contributed by atoms with van der Waals surface area (Å²) in [5.41, 5.74) is 4.43. The van der Waals surface area contributed by atoms with Crippen molar-refractivity contribution in [3.63, 3.8) is 0 Å². The SMILES string of the molecule is COc1cccc2c1OC(c1ccccc1)C(/C=C\c1ccccc1)=C2. The van der Waals surface area contributed by atoms with Crippen molar-refractivity contribution in [3.05, 3.63) is 107 Å². The Morgan fingerprint density at radius 3 is 2.27 bits per heavy atom. The molecular weight excluding hydrogens is 320 g/mol. The number of ether oxygens (including phenoxy) is 2. The predicted octanol–water partition coefficient (Wildman–Crippen LogP) is 5.93. The Morgan fingerprint density at radius 2 is 1.54 bits per heavy atom. The lowest BCUT2D eigenvalue weighted by atomic mass is 9.95. The zero-order chi connectivity index (χ0) is 17.8. The molecule has 0 fully saturated rings. The standard InChI is InChI=1S/C24H20O2/c1-25-22-14-8-13-20-17-21(16-15-18-9-4-2-5-10-18)23(26-24(20)22)19-11-6-3-7-12-19/h2-17,23H,1H3/b16-15-. The molecule has 1 aliphatic rings. The first-order valence-corrected chi connectivity index (χ1v) is 8.68. The molecule has 1 aliphatic heterocycles. The molecule has 1 heterocycles. The Labute approximate surface area is 154 Å². The molecule has 3 aromatic carbocycles. The number of hydrogen-bond acceptors (Lipinski definition) is 2. The zero-order valence-electron chi connectivity index (χ0n) is 14.6. The van der Waals surface area contributed by atoms with Gasteiger partial charge in [0.2, 0.25) is 0 Å². The first-order valence-electron chi connectivity index (χ1n) is 8.68. The molecule has 0 spiro atoms. The van der Waals surface area contributed by atoms with E-state index in [9.17, 15) is 0 Å². The molecule has 4 rings (SSSR count). The van der Waals surface area contributed by atoms with Gasteiger partial charge in [-0.2, -0.15) is 0 Å². The van der Waals surface area contributed by atoms with Gasteiger partial charge in [0.05, 0.1) is 7.11 Å². The van der Waals surface area contributed by atoms with Gasteiger partial charge in [-0.15, -0.1) is 0 Å². The van der Waals surface area contributed by atoms with Gasteiger partial charge >= 0.3 is 0 Å². The number of methoxy groups -OCH3 is 1. The number of para-hydroxylation sites is 1. The number of benzene rings is 3. The summed E-state index contributed by atoms with van der Waals surface area (Å²) in [6.07, 6.45) is 6.27. The van der Waals surface area contributed by atoms with Crippen LogP contribution in [0.25, 0.3) is 12.2 Å². The smallest absolute Gasteiger partial charge is 0.169 e. The number of rotatable bonds is 4. The molecule has 0 aromatic heterocycles.